The Morgan fingerprint density at radius 1 is 1.00 bits per heavy atom. The third-order valence-corrected chi connectivity index (χ3v) is 6.53. The normalized spacial score (nSPS) is 11.0. The summed E-state index contributed by atoms with van der Waals surface area (Å²) < 4.78 is 15.5. The first-order valence-electron chi connectivity index (χ1n) is 10.3. The number of carbonyl (C=O) groups is 2. The van der Waals surface area contributed by atoms with Gasteiger partial charge < -0.3 is 10.4 Å². The highest BCUT2D eigenvalue weighted by molar-refractivity contribution is 7.20. The number of aromatic nitrogens is 2. The molecule has 0 saturated heterocycles. The van der Waals surface area contributed by atoms with E-state index in [1.54, 1.807) is 36.4 Å². The van der Waals surface area contributed by atoms with Gasteiger partial charge in [0.2, 0.25) is 0 Å². The minimum Gasteiger partial charge on any atom is -0.481 e. The van der Waals surface area contributed by atoms with Gasteiger partial charge >= 0.3 is 11.7 Å². The molecule has 174 valence electrons. The summed E-state index contributed by atoms with van der Waals surface area (Å²) in [5.41, 5.74) is 0.968. The molecule has 4 rings (SSSR count). The van der Waals surface area contributed by atoms with E-state index in [-0.39, 0.29) is 35.6 Å². The lowest BCUT2D eigenvalue weighted by Gasteiger charge is -2.09. The maximum absolute atomic E-state index is 13.1. The Kier molecular flexibility index (Phi) is 6.42. The number of rotatable bonds is 7. The summed E-state index contributed by atoms with van der Waals surface area (Å²) in [6.45, 7) is 0.200. The molecule has 0 radical (unpaired) electrons. The Balaban J connectivity index is 1.60. The van der Waals surface area contributed by atoms with Gasteiger partial charge in [0.1, 0.15) is 10.6 Å². The predicted molar refractivity (Wildman–Crippen MR) is 126 cm³/mol. The first kappa shape index (κ1) is 23.1. The van der Waals surface area contributed by atoms with Crippen LogP contribution in [0.3, 0.4) is 0 Å². The molecule has 0 unspecified atom stereocenters. The molecule has 0 bridgehead atoms. The quantitative estimate of drug-likeness (QED) is 0.422. The lowest BCUT2D eigenvalue weighted by atomic mass is 10.1. The van der Waals surface area contributed by atoms with Crippen LogP contribution in [0.15, 0.2) is 64.2 Å². The van der Waals surface area contributed by atoms with Crippen LogP contribution in [-0.4, -0.2) is 26.1 Å². The number of thiophene rings is 1. The SMILES string of the molecule is Cn1c(=O)n(Cc2ccc(CC(=O)O)cc2)c(=O)c2cc(C(=O)NCc3ccc(F)cc3)sc21. The molecule has 8 nitrogen and oxygen atoms in total. The van der Waals surface area contributed by atoms with E-state index in [2.05, 4.69) is 5.32 Å². The van der Waals surface area contributed by atoms with Crippen molar-refractivity contribution in [3.05, 3.63) is 103 Å². The van der Waals surface area contributed by atoms with Crippen LogP contribution in [-0.2, 0) is 31.4 Å². The fourth-order valence-electron chi connectivity index (χ4n) is 3.53. The van der Waals surface area contributed by atoms with Crippen LogP contribution in [0.4, 0.5) is 4.39 Å². The van der Waals surface area contributed by atoms with E-state index in [9.17, 15) is 23.6 Å². The maximum atomic E-state index is 13.1. The van der Waals surface area contributed by atoms with E-state index in [0.717, 1.165) is 21.5 Å². The monoisotopic (exact) mass is 481 g/mol. The van der Waals surface area contributed by atoms with E-state index in [4.69, 9.17) is 5.11 Å². The largest absolute Gasteiger partial charge is 0.481 e. The van der Waals surface area contributed by atoms with Crippen molar-refractivity contribution in [2.75, 3.05) is 0 Å². The summed E-state index contributed by atoms with van der Waals surface area (Å²) in [6, 6.07) is 13.9. The summed E-state index contributed by atoms with van der Waals surface area (Å²) in [4.78, 5) is 50.1. The van der Waals surface area contributed by atoms with Crippen molar-refractivity contribution in [1.29, 1.82) is 0 Å². The zero-order valence-electron chi connectivity index (χ0n) is 18.1. The van der Waals surface area contributed by atoms with Crippen molar-refractivity contribution in [2.24, 2.45) is 7.05 Å². The van der Waals surface area contributed by atoms with Crippen LogP contribution in [0.1, 0.15) is 26.4 Å². The van der Waals surface area contributed by atoms with E-state index < -0.39 is 23.1 Å². The second-order valence-electron chi connectivity index (χ2n) is 7.76. The molecule has 2 aromatic carbocycles. The summed E-state index contributed by atoms with van der Waals surface area (Å²) >= 11 is 1.04. The van der Waals surface area contributed by atoms with E-state index >= 15 is 0 Å². The van der Waals surface area contributed by atoms with Crippen LogP contribution in [0.5, 0.6) is 0 Å². The minimum atomic E-state index is -0.946. The number of nitrogens with one attached hydrogen (secondary N) is 1. The van der Waals surface area contributed by atoms with Crippen molar-refractivity contribution >= 4 is 33.4 Å². The fraction of sp³-hybridized carbons (Fsp3) is 0.167. The van der Waals surface area contributed by atoms with Crippen LogP contribution < -0.4 is 16.6 Å². The molecule has 0 aliphatic heterocycles. The Hall–Kier alpha value is -4.05. The topological polar surface area (TPSA) is 110 Å². The molecule has 10 heteroatoms. The molecular formula is C24H20FN3O5S. The number of fused-ring (bicyclic) bond motifs is 1. The van der Waals surface area contributed by atoms with E-state index in [0.29, 0.717) is 16.0 Å². The molecule has 1 amide bonds. The molecule has 0 spiro atoms. The van der Waals surface area contributed by atoms with Gasteiger partial charge in [0, 0.05) is 13.6 Å². The highest BCUT2D eigenvalue weighted by atomic mass is 32.1. The van der Waals surface area contributed by atoms with Crippen LogP contribution >= 0.6 is 11.3 Å². The van der Waals surface area contributed by atoms with Gasteiger partial charge in [-0.2, -0.15) is 0 Å². The second-order valence-corrected chi connectivity index (χ2v) is 8.79. The number of carboxylic acid groups (broad SMARTS) is 1. The van der Waals surface area contributed by atoms with Gasteiger partial charge in [0.05, 0.1) is 23.2 Å². The summed E-state index contributed by atoms with van der Waals surface area (Å²) in [6.07, 6.45) is -0.116. The molecule has 2 N–H and O–H groups in total. The predicted octanol–water partition coefficient (Wildman–Crippen LogP) is 2.51. The zero-order valence-corrected chi connectivity index (χ0v) is 18.9. The van der Waals surface area contributed by atoms with Gasteiger partial charge in [-0.1, -0.05) is 36.4 Å². The number of benzene rings is 2. The Morgan fingerprint density at radius 3 is 2.26 bits per heavy atom. The van der Waals surface area contributed by atoms with Crippen LogP contribution in [0, 0.1) is 5.82 Å². The number of carboxylic acids is 1. The lowest BCUT2D eigenvalue weighted by molar-refractivity contribution is -0.136. The Labute approximate surface area is 196 Å². The molecule has 2 heterocycles. The molecular weight excluding hydrogens is 461 g/mol. The first-order chi connectivity index (χ1) is 16.2. The van der Waals surface area contributed by atoms with Crippen molar-refractivity contribution < 1.29 is 19.1 Å². The van der Waals surface area contributed by atoms with Crippen molar-refractivity contribution in [3.63, 3.8) is 0 Å². The number of amides is 1. The molecule has 0 aliphatic rings. The standard InChI is InChI=1S/C24H20FN3O5S/c1-27-23-18(11-19(34-23)21(31)26-12-15-6-8-17(25)9-7-15)22(32)28(24(27)33)13-16-4-2-14(3-5-16)10-20(29)30/h2-9,11H,10,12-13H2,1H3,(H,26,31)(H,29,30). The average molecular weight is 482 g/mol. The Bertz CT molecular complexity index is 1500. The molecule has 2 aromatic heterocycles. The van der Waals surface area contributed by atoms with Gasteiger partial charge in [-0.3, -0.25) is 23.5 Å². The minimum absolute atomic E-state index is 0.0107. The summed E-state index contributed by atoms with van der Waals surface area (Å²) in [5, 5.41) is 11.9. The Morgan fingerprint density at radius 2 is 1.62 bits per heavy atom. The van der Waals surface area contributed by atoms with Crippen molar-refractivity contribution in [2.45, 2.75) is 19.5 Å². The van der Waals surface area contributed by atoms with E-state index in [1.165, 1.54) is 29.8 Å². The number of halogens is 1. The van der Waals surface area contributed by atoms with Crippen molar-refractivity contribution in [3.8, 4) is 0 Å². The number of carbonyl (C=O) groups excluding carboxylic acids is 1. The van der Waals surface area contributed by atoms with Crippen LogP contribution in [0.2, 0.25) is 0 Å². The highest BCUT2D eigenvalue weighted by Gasteiger charge is 2.18. The number of nitrogens with zero attached hydrogens (tertiary/aromatic N) is 2. The number of hydrogen-bond donors (Lipinski definition) is 2. The lowest BCUT2D eigenvalue weighted by Crippen LogP contribution is -2.38. The number of aliphatic carboxylic acids is 1. The van der Waals surface area contributed by atoms with Gasteiger partial charge in [0.15, 0.2) is 0 Å². The molecule has 0 aliphatic carbocycles. The average Bonchev–Trinajstić information content (AvgIpc) is 3.27. The molecule has 4 aromatic rings. The summed E-state index contributed by atoms with van der Waals surface area (Å²) in [5.74, 6) is -1.72. The second kappa shape index (κ2) is 9.44. The molecule has 34 heavy (non-hydrogen) atoms. The van der Waals surface area contributed by atoms with Crippen LogP contribution in [0.25, 0.3) is 10.2 Å². The number of aryl methyl sites for hydroxylation is 1. The first-order valence-corrected chi connectivity index (χ1v) is 11.1. The van der Waals surface area contributed by atoms with Crippen molar-refractivity contribution in [1.82, 2.24) is 14.5 Å². The zero-order chi connectivity index (χ0) is 24.4. The highest BCUT2D eigenvalue weighted by Crippen LogP contribution is 2.22. The fourth-order valence-corrected chi connectivity index (χ4v) is 4.55. The maximum Gasteiger partial charge on any atom is 0.332 e. The molecule has 0 atom stereocenters. The third-order valence-electron chi connectivity index (χ3n) is 5.32. The van der Waals surface area contributed by atoms with Gasteiger partial charge in [-0.25, -0.2) is 9.18 Å². The number of hydrogen-bond acceptors (Lipinski definition) is 5. The molecule has 0 saturated carbocycles. The summed E-state index contributed by atoms with van der Waals surface area (Å²) in [7, 11) is 1.53. The van der Waals surface area contributed by atoms with Gasteiger partial charge in [-0.05, 0) is 34.9 Å². The van der Waals surface area contributed by atoms with E-state index in [1.807, 2.05) is 0 Å². The molecule has 0 fully saturated rings. The smallest absolute Gasteiger partial charge is 0.332 e. The van der Waals surface area contributed by atoms with Gasteiger partial charge in [0.25, 0.3) is 11.5 Å². The van der Waals surface area contributed by atoms with Gasteiger partial charge in [-0.15, -0.1) is 11.3 Å². The third kappa shape index (κ3) is 4.81.